The third-order valence-corrected chi connectivity index (χ3v) is 9.58. The van der Waals surface area contributed by atoms with Crippen molar-refractivity contribution in [2.24, 2.45) is 4.99 Å². The SMILES string of the molecule is CCOC(=O)C1=C(C)N=c2s/c(=C\c3cc(I)cc(I)c3OCc3ccc(Br)cc3)c(=O)n2[C@H]1c1ccc(OCC)cc1. The van der Waals surface area contributed by atoms with Gasteiger partial charge in [-0.25, -0.2) is 9.79 Å². The van der Waals surface area contributed by atoms with Gasteiger partial charge >= 0.3 is 5.97 Å². The van der Waals surface area contributed by atoms with Crippen molar-refractivity contribution < 1.29 is 19.0 Å². The molecule has 7 nitrogen and oxygen atoms in total. The van der Waals surface area contributed by atoms with Crippen molar-refractivity contribution in [1.82, 2.24) is 4.57 Å². The molecular weight excluding hydrogens is 858 g/mol. The van der Waals surface area contributed by atoms with Gasteiger partial charge in [0.2, 0.25) is 0 Å². The lowest BCUT2D eigenvalue weighted by molar-refractivity contribution is -0.139. The molecule has 0 fully saturated rings. The molecule has 0 spiro atoms. The highest BCUT2D eigenvalue weighted by molar-refractivity contribution is 14.1. The van der Waals surface area contributed by atoms with E-state index in [1.54, 1.807) is 18.4 Å². The largest absolute Gasteiger partial charge is 0.494 e. The van der Waals surface area contributed by atoms with Crippen LogP contribution >= 0.6 is 72.4 Å². The predicted octanol–water partition coefficient (Wildman–Crippen LogP) is 6.75. The van der Waals surface area contributed by atoms with E-state index in [9.17, 15) is 9.59 Å². The molecule has 2 heterocycles. The number of fused-ring (bicyclic) bond motifs is 1. The van der Waals surface area contributed by atoms with Crippen LogP contribution in [0.25, 0.3) is 6.08 Å². The zero-order valence-electron chi connectivity index (χ0n) is 23.5. The molecule has 0 aliphatic carbocycles. The van der Waals surface area contributed by atoms with Crippen molar-refractivity contribution in [3.8, 4) is 11.5 Å². The van der Waals surface area contributed by atoms with Crippen LogP contribution in [-0.2, 0) is 16.1 Å². The molecule has 3 aromatic carbocycles. The Labute approximate surface area is 288 Å². The van der Waals surface area contributed by atoms with E-state index < -0.39 is 12.0 Å². The summed E-state index contributed by atoms with van der Waals surface area (Å²) in [5.74, 6) is 0.912. The van der Waals surface area contributed by atoms with Crippen LogP contribution < -0.4 is 24.4 Å². The van der Waals surface area contributed by atoms with Gasteiger partial charge in [0.15, 0.2) is 4.80 Å². The van der Waals surface area contributed by atoms with Gasteiger partial charge in [-0.15, -0.1) is 0 Å². The third kappa shape index (κ3) is 7.10. The highest BCUT2D eigenvalue weighted by atomic mass is 127. The molecule has 4 aromatic rings. The maximum atomic E-state index is 14.1. The molecular formula is C32H27BrI2N2O5S. The van der Waals surface area contributed by atoms with Gasteiger partial charge in [-0.2, -0.15) is 0 Å². The second-order valence-electron chi connectivity index (χ2n) is 9.53. The van der Waals surface area contributed by atoms with E-state index >= 15 is 0 Å². The van der Waals surface area contributed by atoms with Crippen LogP contribution in [0.4, 0.5) is 0 Å². The summed E-state index contributed by atoms with van der Waals surface area (Å²) in [7, 11) is 0. The van der Waals surface area contributed by atoms with E-state index in [-0.39, 0.29) is 12.2 Å². The van der Waals surface area contributed by atoms with Crippen molar-refractivity contribution in [3.05, 3.63) is 120 Å². The van der Waals surface area contributed by atoms with Crippen LogP contribution in [0.3, 0.4) is 0 Å². The Hall–Kier alpha value is -2.49. The molecule has 43 heavy (non-hydrogen) atoms. The first-order chi connectivity index (χ1) is 20.7. The van der Waals surface area contributed by atoms with Crippen LogP contribution in [-0.4, -0.2) is 23.8 Å². The molecule has 1 atom stereocenters. The van der Waals surface area contributed by atoms with Crippen LogP contribution in [0.5, 0.6) is 11.5 Å². The normalized spacial score (nSPS) is 14.7. The zero-order valence-corrected chi connectivity index (χ0v) is 30.2. The van der Waals surface area contributed by atoms with Gasteiger partial charge in [0, 0.05) is 13.6 Å². The molecule has 0 unspecified atom stereocenters. The Kier molecular flexibility index (Phi) is 10.5. The van der Waals surface area contributed by atoms with Crippen molar-refractivity contribution in [2.75, 3.05) is 13.2 Å². The van der Waals surface area contributed by atoms with Gasteiger partial charge in [-0.05, 0) is 120 Å². The standard InChI is InChI=1S/C32H27BrI2N2O5S/c1-4-40-24-12-8-20(9-13-24)28-27(31(39)41-5-2)18(3)36-32-37(28)30(38)26(43-32)15-21-14-23(34)16-25(35)29(21)42-17-19-6-10-22(33)11-7-19/h6-16,28H,4-5,17H2,1-3H3/b26-15-/t28-/m0/s1. The minimum Gasteiger partial charge on any atom is -0.494 e. The summed E-state index contributed by atoms with van der Waals surface area (Å²) in [6, 6.07) is 18.7. The van der Waals surface area contributed by atoms with Crippen molar-refractivity contribution in [3.63, 3.8) is 0 Å². The van der Waals surface area contributed by atoms with E-state index in [0.717, 1.165) is 28.3 Å². The Bertz CT molecular complexity index is 1880. The number of nitrogens with zero attached hydrogens (tertiary/aromatic N) is 2. The number of esters is 1. The fourth-order valence-corrected chi connectivity index (χ4v) is 8.08. The molecule has 0 radical (unpaired) electrons. The predicted molar refractivity (Wildman–Crippen MR) is 188 cm³/mol. The maximum Gasteiger partial charge on any atom is 0.338 e. The number of carbonyl (C=O) groups excluding carboxylic acids is 1. The van der Waals surface area contributed by atoms with Crippen molar-refractivity contribution in [2.45, 2.75) is 33.4 Å². The van der Waals surface area contributed by atoms with Crippen LogP contribution in [0.15, 0.2) is 86.2 Å². The van der Waals surface area contributed by atoms with Gasteiger partial charge in [0.25, 0.3) is 5.56 Å². The number of ether oxygens (including phenoxy) is 3. The topological polar surface area (TPSA) is 79.1 Å². The molecule has 0 bridgehead atoms. The van der Waals surface area contributed by atoms with Crippen molar-refractivity contribution >= 4 is 84.5 Å². The summed E-state index contributed by atoms with van der Waals surface area (Å²) >= 11 is 9.29. The monoisotopic (exact) mass is 884 g/mol. The Balaban J connectivity index is 1.63. The molecule has 0 amide bonds. The molecule has 1 aromatic heterocycles. The number of rotatable bonds is 9. The first kappa shape index (κ1) is 31.9. The minimum absolute atomic E-state index is 0.213. The summed E-state index contributed by atoms with van der Waals surface area (Å²) in [5.41, 5.74) is 3.19. The van der Waals surface area contributed by atoms with E-state index in [2.05, 4.69) is 61.1 Å². The van der Waals surface area contributed by atoms with E-state index in [1.165, 1.54) is 11.3 Å². The minimum atomic E-state index is -0.697. The average Bonchev–Trinajstić information content (AvgIpc) is 3.27. The Morgan fingerprint density at radius 3 is 2.44 bits per heavy atom. The summed E-state index contributed by atoms with van der Waals surface area (Å²) in [5, 5.41) is 0. The number of thiazole rings is 1. The first-order valence-corrected chi connectivity index (χ1v) is 17.3. The molecule has 222 valence electrons. The Morgan fingerprint density at radius 2 is 1.77 bits per heavy atom. The van der Waals surface area contributed by atoms with E-state index in [4.69, 9.17) is 19.2 Å². The lowest BCUT2D eigenvalue weighted by Crippen LogP contribution is -2.39. The molecule has 5 rings (SSSR count). The lowest BCUT2D eigenvalue weighted by atomic mass is 9.96. The number of halogens is 3. The number of carbonyl (C=O) groups is 1. The molecule has 0 saturated carbocycles. The number of hydrogen-bond donors (Lipinski definition) is 0. The smallest absolute Gasteiger partial charge is 0.338 e. The highest BCUT2D eigenvalue weighted by Gasteiger charge is 2.33. The molecule has 1 aliphatic rings. The van der Waals surface area contributed by atoms with Gasteiger partial charge in [0.05, 0.1) is 38.6 Å². The summed E-state index contributed by atoms with van der Waals surface area (Å²) in [6.07, 6.45) is 1.85. The van der Waals surface area contributed by atoms with Crippen molar-refractivity contribution in [1.29, 1.82) is 0 Å². The van der Waals surface area contributed by atoms with Crippen LogP contribution in [0.2, 0.25) is 0 Å². The number of allylic oxidation sites excluding steroid dienone is 1. The molecule has 0 saturated heterocycles. The number of aromatic nitrogens is 1. The van der Waals surface area contributed by atoms with Gasteiger partial charge in [0.1, 0.15) is 18.1 Å². The fourth-order valence-electron chi connectivity index (χ4n) is 4.74. The third-order valence-electron chi connectivity index (χ3n) is 6.64. The second-order valence-corrected chi connectivity index (χ2v) is 13.9. The fraction of sp³-hybridized carbons (Fsp3) is 0.219. The highest BCUT2D eigenvalue weighted by Crippen LogP contribution is 2.33. The van der Waals surface area contributed by atoms with Gasteiger partial charge in [-0.1, -0.05) is 51.5 Å². The van der Waals surface area contributed by atoms with Gasteiger partial charge in [-0.3, -0.25) is 9.36 Å². The average molecular weight is 885 g/mol. The number of benzene rings is 3. The molecule has 1 aliphatic heterocycles. The van der Waals surface area contributed by atoms with Gasteiger partial charge < -0.3 is 14.2 Å². The van der Waals surface area contributed by atoms with Crippen LogP contribution in [0, 0.1) is 7.14 Å². The number of hydrogen-bond acceptors (Lipinski definition) is 7. The quantitative estimate of drug-likeness (QED) is 0.138. The van der Waals surface area contributed by atoms with E-state index in [0.29, 0.717) is 45.3 Å². The molecule has 0 N–H and O–H groups in total. The van der Waals surface area contributed by atoms with E-state index in [1.807, 2.05) is 73.7 Å². The Morgan fingerprint density at radius 1 is 1.05 bits per heavy atom. The summed E-state index contributed by atoms with van der Waals surface area (Å²) in [4.78, 5) is 32.5. The second kappa shape index (κ2) is 14.1. The maximum absolute atomic E-state index is 14.1. The summed E-state index contributed by atoms with van der Waals surface area (Å²) < 4.78 is 22.4. The summed E-state index contributed by atoms with van der Waals surface area (Å²) in [6.45, 7) is 6.59. The first-order valence-electron chi connectivity index (χ1n) is 13.5. The molecule has 11 heteroatoms. The van der Waals surface area contributed by atoms with Crippen LogP contribution in [0.1, 0.15) is 43.5 Å². The zero-order chi connectivity index (χ0) is 30.7. The lowest BCUT2D eigenvalue weighted by Gasteiger charge is -2.24.